The number of rotatable bonds is 3. The minimum absolute atomic E-state index is 0.474. The van der Waals surface area contributed by atoms with Crippen LogP contribution in [0.1, 0.15) is 50.5 Å². The molecule has 0 bridgehead atoms. The zero-order chi connectivity index (χ0) is 14.6. The Morgan fingerprint density at radius 3 is 2.30 bits per heavy atom. The molecular formula is C16H20Cl2O2. The van der Waals surface area contributed by atoms with Crippen molar-refractivity contribution in [3.05, 3.63) is 33.8 Å². The predicted molar refractivity (Wildman–Crippen MR) is 82.6 cm³/mol. The molecule has 110 valence electrons. The van der Waals surface area contributed by atoms with Gasteiger partial charge in [0.25, 0.3) is 0 Å². The van der Waals surface area contributed by atoms with Crippen molar-refractivity contribution in [2.75, 3.05) is 0 Å². The lowest BCUT2D eigenvalue weighted by molar-refractivity contribution is -0.150. The van der Waals surface area contributed by atoms with E-state index in [1.165, 1.54) is 6.42 Å². The molecule has 0 radical (unpaired) electrons. The summed E-state index contributed by atoms with van der Waals surface area (Å²) in [6.45, 7) is 0. The van der Waals surface area contributed by atoms with Crippen LogP contribution in [0.3, 0.4) is 0 Å². The van der Waals surface area contributed by atoms with Gasteiger partial charge in [0.15, 0.2) is 0 Å². The predicted octanol–water partition coefficient (Wildman–Crippen LogP) is 5.35. The number of carboxylic acids is 1. The Balaban J connectivity index is 2.27. The van der Waals surface area contributed by atoms with E-state index in [4.69, 9.17) is 23.2 Å². The second kappa shape index (κ2) is 6.82. The molecule has 1 aromatic carbocycles. The Hall–Kier alpha value is -0.730. The minimum Gasteiger partial charge on any atom is -0.481 e. The molecule has 1 fully saturated rings. The van der Waals surface area contributed by atoms with Crippen molar-refractivity contribution in [1.82, 2.24) is 0 Å². The van der Waals surface area contributed by atoms with E-state index in [0.717, 1.165) is 44.1 Å². The van der Waals surface area contributed by atoms with Crippen molar-refractivity contribution < 1.29 is 9.90 Å². The average Bonchev–Trinajstić information content (AvgIpc) is 2.37. The lowest BCUT2D eigenvalue weighted by atomic mass is 9.72. The normalized spacial score (nSPS) is 19.1. The Kier molecular flexibility index (Phi) is 5.34. The monoisotopic (exact) mass is 314 g/mol. The molecule has 4 heteroatoms. The fourth-order valence-corrected chi connectivity index (χ4v) is 3.48. The molecule has 0 saturated heterocycles. The number of hydrogen-bond acceptors (Lipinski definition) is 1. The summed E-state index contributed by atoms with van der Waals surface area (Å²) >= 11 is 12.3. The Labute approximate surface area is 130 Å². The summed E-state index contributed by atoms with van der Waals surface area (Å²) < 4.78 is 0. The Bertz CT molecular complexity index is 477. The van der Waals surface area contributed by atoms with Crippen molar-refractivity contribution in [2.45, 2.75) is 51.4 Å². The van der Waals surface area contributed by atoms with Crippen LogP contribution in [0.5, 0.6) is 0 Å². The Morgan fingerprint density at radius 2 is 1.70 bits per heavy atom. The van der Waals surface area contributed by atoms with Crippen LogP contribution < -0.4 is 0 Å². The van der Waals surface area contributed by atoms with Gasteiger partial charge < -0.3 is 5.11 Å². The maximum atomic E-state index is 11.9. The van der Waals surface area contributed by atoms with Crippen molar-refractivity contribution in [1.29, 1.82) is 0 Å². The fourth-order valence-electron chi connectivity index (χ4n) is 3.10. The summed E-state index contributed by atoms with van der Waals surface area (Å²) in [6.07, 6.45) is 7.34. The van der Waals surface area contributed by atoms with E-state index in [0.29, 0.717) is 16.5 Å². The van der Waals surface area contributed by atoms with Gasteiger partial charge in [0.1, 0.15) is 0 Å². The summed E-state index contributed by atoms with van der Waals surface area (Å²) in [4.78, 5) is 11.9. The van der Waals surface area contributed by atoms with Gasteiger partial charge in [0.05, 0.1) is 15.5 Å². The minimum atomic E-state index is -0.699. The van der Waals surface area contributed by atoms with Gasteiger partial charge in [-0.3, -0.25) is 4.79 Å². The van der Waals surface area contributed by atoms with E-state index in [1.807, 2.05) is 12.1 Å². The quantitative estimate of drug-likeness (QED) is 0.816. The molecule has 20 heavy (non-hydrogen) atoms. The van der Waals surface area contributed by atoms with Crippen LogP contribution in [0, 0.1) is 5.41 Å². The molecule has 0 atom stereocenters. The third kappa shape index (κ3) is 3.48. The van der Waals surface area contributed by atoms with Gasteiger partial charge in [-0.2, -0.15) is 0 Å². The molecule has 1 aromatic rings. The van der Waals surface area contributed by atoms with Gasteiger partial charge in [-0.25, -0.2) is 0 Å². The van der Waals surface area contributed by atoms with Crippen molar-refractivity contribution in [2.24, 2.45) is 5.41 Å². The SMILES string of the molecule is O=C(O)C1(Cc2cccc(Cl)c2Cl)CCCCCCC1. The molecule has 0 unspecified atom stereocenters. The maximum Gasteiger partial charge on any atom is 0.309 e. The number of carbonyl (C=O) groups is 1. The molecule has 2 nitrogen and oxygen atoms in total. The molecule has 0 aromatic heterocycles. The van der Waals surface area contributed by atoms with Crippen molar-refractivity contribution >= 4 is 29.2 Å². The summed E-state index contributed by atoms with van der Waals surface area (Å²) in [5.74, 6) is -0.699. The number of benzene rings is 1. The molecule has 1 aliphatic carbocycles. The molecule has 2 rings (SSSR count). The molecular weight excluding hydrogens is 295 g/mol. The van der Waals surface area contributed by atoms with E-state index >= 15 is 0 Å². The third-order valence-electron chi connectivity index (χ3n) is 4.32. The van der Waals surface area contributed by atoms with Gasteiger partial charge in [-0.15, -0.1) is 0 Å². The van der Waals surface area contributed by atoms with Crippen LogP contribution in [-0.2, 0) is 11.2 Å². The third-order valence-corrected chi connectivity index (χ3v) is 5.18. The van der Waals surface area contributed by atoms with E-state index in [9.17, 15) is 9.90 Å². The fraction of sp³-hybridized carbons (Fsp3) is 0.562. The van der Waals surface area contributed by atoms with Crippen LogP contribution in [0.25, 0.3) is 0 Å². The summed E-state index contributed by atoms with van der Waals surface area (Å²) in [7, 11) is 0. The molecule has 1 aliphatic rings. The smallest absolute Gasteiger partial charge is 0.309 e. The number of hydrogen-bond donors (Lipinski definition) is 1. The molecule has 1 saturated carbocycles. The average molecular weight is 315 g/mol. The summed E-state index contributed by atoms with van der Waals surface area (Å²) in [5, 5.41) is 10.7. The highest BCUT2D eigenvalue weighted by atomic mass is 35.5. The Morgan fingerprint density at radius 1 is 1.10 bits per heavy atom. The van der Waals surface area contributed by atoms with Crippen LogP contribution >= 0.6 is 23.2 Å². The first-order chi connectivity index (χ1) is 9.55. The van der Waals surface area contributed by atoms with Crippen molar-refractivity contribution in [3.63, 3.8) is 0 Å². The van der Waals surface area contributed by atoms with Gasteiger partial charge in [-0.05, 0) is 30.9 Å². The van der Waals surface area contributed by atoms with Crippen LogP contribution in [0.15, 0.2) is 18.2 Å². The standard InChI is InChI=1S/C16H20Cl2O2/c17-13-8-6-7-12(14(13)18)11-16(15(19)20)9-4-2-1-3-5-10-16/h6-8H,1-5,9-11H2,(H,19,20). The molecule has 0 heterocycles. The molecule has 1 N–H and O–H groups in total. The van der Waals surface area contributed by atoms with E-state index < -0.39 is 11.4 Å². The molecule has 0 amide bonds. The van der Waals surface area contributed by atoms with E-state index in [-0.39, 0.29) is 0 Å². The second-order valence-corrected chi connectivity index (χ2v) is 6.53. The largest absolute Gasteiger partial charge is 0.481 e. The maximum absolute atomic E-state index is 11.9. The summed E-state index contributed by atoms with van der Waals surface area (Å²) in [5.41, 5.74) is 0.163. The van der Waals surface area contributed by atoms with Gasteiger partial charge in [0.2, 0.25) is 0 Å². The van der Waals surface area contributed by atoms with Gasteiger partial charge >= 0.3 is 5.97 Å². The zero-order valence-corrected chi connectivity index (χ0v) is 13.0. The number of halogens is 2. The van der Waals surface area contributed by atoms with E-state index in [1.54, 1.807) is 6.07 Å². The first-order valence-electron chi connectivity index (χ1n) is 7.21. The van der Waals surface area contributed by atoms with Crippen molar-refractivity contribution in [3.8, 4) is 0 Å². The highest BCUT2D eigenvalue weighted by molar-refractivity contribution is 6.42. The van der Waals surface area contributed by atoms with Crippen LogP contribution in [0.2, 0.25) is 10.0 Å². The van der Waals surface area contributed by atoms with Gasteiger partial charge in [0, 0.05) is 0 Å². The second-order valence-electron chi connectivity index (χ2n) is 5.74. The molecule has 0 spiro atoms. The highest BCUT2D eigenvalue weighted by Gasteiger charge is 2.38. The van der Waals surface area contributed by atoms with Gasteiger partial charge in [-0.1, -0.05) is 67.4 Å². The first kappa shape index (κ1) is 15.7. The topological polar surface area (TPSA) is 37.3 Å². The lowest BCUT2D eigenvalue weighted by Gasteiger charge is -2.31. The highest BCUT2D eigenvalue weighted by Crippen LogP contribution is 2.40. The number of carboxylic acid groups (broad SMARTS) is 1. The summed E-state index contributed by atoms with van der Waals surface area (Å²) in [6, 6.07) is 5.46. The zero-order valence-electron chi connectivity index (χ0n) is 11.5. The first-order valence-corrected chi connectivity index (χ1v) is 7.97. The van der Waals surface area contributed by atoms with E-state index in [2.05, 4.69) is 0 Å². The molecule has 0 aliphatic heterocycles. The number of aliphatic carboxylic acids is 1. The van der Waals surface area contributed by atoms with Crippen LogP contribution in [0.4, 0.5) is 0 Å². The van der Waals surface area contributed by atoms with Crippen LogP contribution in [-0.4, -0.2) is 11.1 Å². The lowest BCUT2D eigenvalue weighted by Crippen LogP contribution is -2.34.